The highest BCUT2D eigenvalue weighted by Gasteiger charge is 2.13. The molecule has 0 saturated carbocycles. The Morgan fingerprint density at radius 3 is 2.89 bits per heavy atom. The molecule has 0 spiro atoms. The Kier molecular flexibility index (Phi) is 3.94. The molecule has 0 amide bonds. The summed E-state index contributed by atoms with van der Waals surface area (Å²) in [5.74, 6) is 0.770. The molecule has 4 nitrogen and oxygen atoms in total. The van der Waals surface area contributed by atoms with Gasteiger partial charge >= 0.3 is 0 Å². The molecule has 0 aliphatic carbocycles. The monoisotopic (exact) mass is 249 g/mol. The van der Waals surface area contributed by atoms with Crippen LogP contribution >= 0.6 is 0 Å². The lowest BCUT2D eigenvalue weighted by Crippen LogP contribution is -2.19. The first kappa shape index (κ1) is 12.6. The van der Waals surface area contributed by atoms with Gasteiger partial charge in [0.1, 0.15) is 5.82 Å². The van der Waals surface area contributed by atoms with Gasteiger partial charge in [-0.3, -0.25) is 0 Å². The summed E-state index contributed by atoms with van der Waals surface area (Å²) in [6.45, 7) is 0. The molecule has 1 unspecified atom stereocenters. The SMILES string of the molecule is CNC(Cc1ncc[nH]1)c1ccc(OC)c(F)c1. The lowest BCUT2D eigenvalue weighted by molar-refractivity contribution is 0.385. The molecule has 0 radical (unpaired) electrons. The van der Waals surface area contributed by atoms with Crippen LogP contribution in [-0.4, -0.2) is 24.1 Å². The van der Waals surface area contributed by atoms with Crippen molar-refractivity contribution < 1.29 is 9.13 Å². The Morgan fingerprint density at radius 1 is 1.50 bits per heavy atom. The first-order chi connectivity index (χ1) is 8.74. The molecule has 5 heteroatoms. The fourth-order valence-corrected chi connectivity index (χ4v) is 1.89. The molecule has 0 fully saturated rings. The van der Waals surface area contributed by atoms with Crippen LogP contribution in [-0.2, 0) is 6.42 Å². The summed E-state index contributed by atoms with van der Waals surface area (Å²) in [5.41, 5.74) is 0.868. The molecular formula is C13H16FN3O. The van der Waals surface area contributed by atoms with Gasteiger partial charge in [-0.2, -0.15) is 0 Å². The van der Waals surface area contributed by atoms with Gasteiger partial charge in [0, 0.05) is 24.9 Å². The second-order valence-corrected chi connectivity index (χ2v) is 3.98. The van der Waals surface area contributed by atoms with Crippen molar-refractivity contribution >= 4 is 0 Å². The highest BCUT2D eigenvalue weighted by atomic mass is 19.1. The van der Waals surface area contributed by atoms with E-state index < -0.39 is 0 Å². The van der Waals surface area contributed by atoms with Crippen molar-refractivity contribution in [3.05, 3.63) is 47.8 Å². The average molecular weight is 249 g/mol. The predicted molar refractivity (Wildman–Crippen MR) is 67.0 cm³/mol. The number of rotatable bonds is 5. The largest absolute Gasteiger partial charge is 0.494 e. The molecule has 2 rings (SSSR count). The van der Waals surface area contributed by atoms with Crippen LogP contribution < -0.4 is 10.1 Å². The molecule has 0 saturated heterocycles. The Morgan fingerprint density at radius 2 is 2.33 bits per heavy atom. The molecule has 1 aromatic heterocycles. The van der Waals surface area contributed by atoms with Gasteiger partial charge in [-0.25, -0.2) is 9.37 Å². The maximum atomic E-state index is 13.6. The fraction of sp³-hybridized carbons (Fsp3) is 0.308. The van der Waals surface area contributed by atoms with Gasteiger partial charge < -0.3 is 15.0 Å². The quantitative estimate of drug-likeness (QED) is 0.852. The van der Waals surface area contributed by atoms with E-state index in [0.29, 0.717) is 6.42 Å². The second kappa shape index (κ2) is 5.64. The number of aromatic nitrogens is 2. The molecule has 2 aromatic rings. The summed E-state index contributed by atoms with van der Waals surface area (Å²) >= 11 is 0. The maximum Gasteiger partial charge on any atom is 0.165 e. The number of nitrogens with one attached hydrogen (secondary N) is 2. The van der Waals surface area contributed by atoms with E-state index in [2.05, 4.69) is 15.3 Å². The predicted octanol–water partition coefficient (Wildman–Crippen LogP) is 2.06. The number of methoxy groups -OCH3 is 1. The lowest BCUT2D eigenvalue weighted by Gasteiger charge is -2.16. The smallest absolute Gasteiger partial charge is 0.165 e. The topological polar surface area (TPSA) is 49.9 Å². The van der Waals surface area contributed by atoms with Crippen molar-refractivity contribution in [3.63, 3.8) is 0 Å². The number of hydrogen-bond donors (Lipinski definition) is 2. The molecule has 96 valence electrons. The van der Waals surface area contributed by atoms with Crippen LogP contribution in [0.5, 0.6) is 5.75 Å². The Bertz CT molecular complexity index is 499. The second-order valence-electron chi connectivity index (χ2n) is 3.98. The average Bonchev–Trinajstić information content (AvgIpc) is 2.88. The van der Waals surface area contributed by atoms with Gasteiger partial charge in [0.25, 0.3) is 0 Å². The minimum absolute atomic E-state index is 0.0107. The molecule has 1 atom stereocenters. The van der Waals surface area contributed by atoms with Crippen molar-refractivity contribution in [3.8, 4) is 5.75 Å². The van der Waals surface area contributed by atoms with Crippen molar-refractivity contribution in [2.24, 2.45) is 0 Å². The number of H-pyrrole nitrogens is 1. The number of halogens is 1. The van der Waals surface area contributed by atoms with Crippen molar-refractivity contribution in [1.82, 2.24) is 15.3 Å². The van der Waals surface area contributed by atoms with E-state index in [1.54, 1.807) is 18.5 Å². The zero-order valence-electron chi connectivity index (χ0n) is 10.4. The zero-order valence-corrected chi connectivity index (χ0v) is 10.4. The summed E-state index contributed by atoms with van der Waals surface area (Å²) in [6, 6.07) is 4.99. The maximum absolute atomic E-state index is 13.6. The van der Waals surface area contributed by atoms with Gasteiger partial charge in [-0.15, -0.1) is 0 Å². The van der Waals surface area contributed by atoms with Crippen molar-refractivity contribution in [1.29, 1.82) is 0 Å². The fourth-order valence-electron chi connectivity index (χ4n) is 1.89. The normalized spacial score (nSPS) is 12.4. The summed E-state index contributed by atoms with van der Waals surface area (Å²) < 4.78 is 18.6. The summed E-state index contributed by atoms with van der Waals surface area (Å²) in [6.07, 6.45) is 4.16. The van der Waals surface area contributed by atoms with Crippen LogP contribution in [0.25, 0.3) is 0 Å². The third-order valence-electron chi connectivity index (χ3n) is 2.88. The van der Waals surface area contributed by atoms with Crippen molar-refractivity contribution in [2.75, 3.05) is 14.2 Å². The van der Waals surface area contributed by atoms with Crippen LogP contribution in [0.4, 0.5) is 4.39 Å². The number of ether oxygens (including phenoxy) is 1. The van der Waals surface area contributed by atoms with E-state index in [1.807, 2.05) is 13.1 Å². The van der Waals surface area contributed by atoms with Crippen LogP contribution in [0.15, 0.2) is 30.6 Å². The van der Waals surface area contributed by atoms with E-state index in [4.69, 9.17) is 4.74 Å². The standard InChI is InChI=1S/C13H16FN3O/c1-15-11(8-13-16-5-6-17-13)9-3-4-12(18-2)10(14)7-9/h3-7,11,15H,8H2,1-2H3,(H,16,17). The number of benzene rings is 1. The summed E-state index contributed by atoms with van der Waals surface area (Å²) in [5, 5.41) is 3.15. The van der Waals surface area contributed by atoms with E-state index in [1.165, 1.54) is 13.2 Å². The molecular weight excluding hydrogens is 233 g/mol. The molecule has 0 aliphatic heterocycles. The van der Waals surface area contributed by atoms with Gasteiger partial charge in [-0.05, 0) is 24.7 Å². The van der Waals surface area contributed by atoms with Gasteiger partial charge in [0.15, 0.2) is 11.6 Å². The number of hydrogen-bond acceptors (Lipinski definition) is 3. The van der Waals surface area contributed by atoms with Gasteiger partial charge in [0.2, 0.25) is 0 Å². The minimum atomic E-state index is -0.352. The summed E-state index contributed by atoms with van der Waals surface area (Å²) in [4.78, 5) is 7.21. The van der Waals surface area contributed by atoms with E-state index >= 15 is 0 Å². The number of likely N-dealkylation sites (N-methyl/N-ethyl adjacent to an activating group) is 1. The third kappa shape index (κ3) is 2.68. The van der Waals surface area contributed by atoms with Crippen LogP contribution in [0.3, 0.4) is 0 Å². The van der Waals surface area contributed by atoms with Crippen molar-refractivity contribution in [2.45, 2.75) is 12.5 Å². The molecule has 2 N–H and O–H groups in total. The van der Waals surface area contributed by atoms with Crippen LogP contribution in [0.2, 0.25) is 0 Å². The Balaban J connectivity index is 2.19. The molecule has 1 heterocycles. The first-order valence-corrected chi connectivity index (χ1v) is 5.73. The number of nitrogens with zero attached hydrogens (tertiary/aromatic N) is 1. The van der Waals surface area contributed by atoms with Crippen LogP contribution in [0.1, 0.15) is 17.4 Å². The molecule has 1 aromatic carbocycles. The van der Waals surface area contributed by atoms with Gasteiger partial charge in [0.05, 0.1) is 7.11 Å². The Hall–Kier alpha value is -1.88. The first-order valence-electron chi connectivity index (χ1n) is 5.73. The molecule has 18 heavy (non-hydrogen) atoms. The summed E-state index contributed by atoms with van der Waals surface area (Å²) in [7, 11) is 3.30. The Labute approximate surface area is 105 Å². The van der Waals surface area contributed by atoms with E-state index in [0.717, 1.165) is 11.4 Å². The van der Waals surface area contributed by atoms with E-state index in [9.17, 15) is 4.39 Å². The number of imidazole rings is 1. The molecule has 0 bridgehead atoms. The van der Waals surface area contributed by atoms with Crippen LogP contribution in [0, 0.1) is 5.82 Å². The highest BCUT2D eigenvalue weighted by Crippen LogP contribution is 2.23. The number of aromatic amines is 1. The third-order valence-corrected chi connectivity index (χ3v) is 2.88. The lowest BCUT2D eigenvalue weighted by atomic mass is 10.0. The minimum Gasteiger partial charge on any atom is -0.494 e. The highest BCUT2D eigenvalue weighted by molar-refractivity contribution is 5.31. The molecule has 0 aliphatic rings. The van der Waals surface area contributed by atoms with E-state index in [-0.39, 0.29) is 17.6 Å². The zero-order chi connectivity index (χ0) is 13.0. The van der Waals surface area contributed by atoms with Gasteiger partial charge in [-0.1, -0.05) is 6.07 Å².